The van der Waals surface area contributed by atoms with Crippen LogP contribution < -0.4 is 19.1 Å². The maximum absolute atomic E-state index is 14.1. The lowest BCUT2D eigenvalue weighted by Crippen LogP contribution is -2.53. The molecule has 0 fully saturated rings. The lowest BCUT2D eigenvalue weighted by Gasteiger charge is -2.33. The minimum absolute atomic E-state index is 0.0210. The number of nitrogens with zero attached hydrogens (tertiary/aromatic N) is 2. The van der Waals surface area contributed by atoms with Crippen LogP contribution >= 0.6 is 11.6 Å². The molecule has 220 valence electrons. The average Bonchev–Trinajstić information content (AvgIpc) is 2.96. The third kappa shape index (κ3) is 8.14. The molecule has 0 radical (unpaired) electrons. The maximum Gasteiger partial charge on any atom is 0.264 e. The molecule has 11 heteroatoms. The molecule has 0 aliphatic rings. The molecule has 41 heavy (non-hydrogen) atoms. The van der Waals surface area contributed by atoms with Crippen LogP contribution in [0.5, 0.6) is 11.5 Å². The van der Waals surface area contributed by atoms with Crippen molar-refractivity contribution in [2.75, 3.05) is 25.1 Å². The monoisotopic (exact) mass is 601 g/mol. The average molecular weight is 602 g/mol. The van der Waals surface area contributed by atoms with Gasteiger partial charge in [-0.25, -0.2) is 8.42 Å². The van der Waals surface area contributed by atoms with Crippen molar-refractivity contribution in [1.29, 1.82) is 0 Å². The van der Waals surface area contributed by atoms with Crippen molar-refractivity contribution in [3.8, 4) is 11.5 Å². The highest BCUT2D eigenvalue weighted by Crippen LogP contribution is 2.27. The molecule has 0 saturated carbocycles. The number of ether oxygens (including phenoxy) is 2. The summed E-state index contributed by atoms with van der Waals surface area (Å²) in [4.78, 5) is 28.7. The Morgan fingerprint density at radius 2 is 1.41 bits per heavy atom. The highest BCUT2D eigenvalue weighted by Gasteiger charge is 2.34. The molecule has 0 unspecified atom stereocenters. The van der Waals surface area contributed by atoms with Crippen LogP contribution in [-0.4, -0.2) is 58.0 Å². The first-order chi connectivity index (χ1) is 19.5. The highest BCUT2D eigenvalue weighted by molar-refractivity contribution is 7.92. The van der Waals surface area contributed by atoms with Crippen molar-refractivity contribution in [1.82, 2.24) is 10.2 Å². The molecule has 0 aromatic heterocycles. The molecular formula is C30H36ClN3O6S. The van der Waals surface area contributed by atoms with Crippen molar-refractivity contribution in [2.45, 2.75) is 50.7 Å². The highest BCUT2D eigenvalue weighted by atomic mass is 35.5. The molecule has 9 nitrogen and oxygen atoms in total. The first kappa shape index (κ1) is 31.8. The fourth-order valence-electron chi connectivity index (χ4n) is 4.24. The number of hydrogen-bond donors (Lipinski definition) is 1. The second kappa shape index (κ2) is 14.2. The number of nitrogens with one attached hydrogen (secondary N) is 1. The molecular weight excluding hydrogens is 566 g/mol. The predicted molar refractivity (Wildman–Crippen MR) is 160 cm³/mol. The van der Waals surface area contributed by atoms with Gasteiger partial charge in [-0.15, -0.1) is 0 Å². The summed E-state index contributed by atoms with van der Waals surface area (Å²) in [5, 5.41) is 3.30. The van der Waals surface area contributed by atoms with E-state index in [0.29, 0.717) is 22.9 Å². The SMILES string of the molecule is CC[C@@H](C(=O)NC(C)C)N(Cc1ccc(OC)cc1)C(=O)CN(c1ccc(Cl)cc1)S(=O)(=O)c1ccc(OC)cc1. The summed E-state index contributed by atoms with van der Waals surface area (Å²) in [7, 11) is -1.16. The topological polar surface area (TPSA) is 105 Å². The standard InChI is InChI=1S/C30H36ClN3O6S/c1-6-28(30(36)32-21(2)3)33(19-22-7-13-25(39-4)14-8-22)29(35)20-34(24-11-9-23(31)10-12-24)41(37,38)27-17-15-26(40-5)16-18-27/h7-18,21,28H,6,19-20H2,1-5H3,(H,32,36)/t28-/m0/s1. The number of carbonyl (C=O) groups excluding carboxylic acids is 2. The molecule has 3 aromatic rings. The van der Waals surface area contributed by atoms with Crippen LogP contribution in [0.25, 0.3) is 0 Å². The van der Waals surface area contributed by atoms with Crippen LogP contribution in [0.2, 0.25) is 5.02 Å². The molecule has 0 aliphatic carbocycles. The van der Waals surface area contributed by atoms with E-state index in [1.807, 2.05) is 20.8 Å². The van der Waals surface area contributed by atoms with Crippen molar-refractivity contribution in [3.05, 3.63) is 83.4 Å². The van der Waals surface area contributed by atoms with Crippen LogP contribution in [0.3, 0.4) is 0 Å². The molecule has 0 spiro atoms. The van der Waals surface area contributed by atoms with Crippen molar-refractivity contribution < 1.29 is 27.5 Å². The van der Waals surface area contributed by atoms with E-state index in [-0.39, 0.29) is 29.1 Å². The van der Waals surface area contributed by atoms with Crippen LogP contribution in [0.4, 0.5) is 5.69 Å². The Hall–Kier alpha value is -3.76. The summed E-state index contributed by atoms with van der Waals surface area (Å²) in [6.07, 6.45) is 0.326. The van der Waals surface area contributed by atoms with Crippen molar-refractivity contribution in [2.24, 2.45) is 0 Å². The number of hydrogen-bond acceptors (Lipinski definition) is 6. The first-order valence-electron chi connectivity index (χ1n) is 13.1. The summed E-state index contributed by atoms with van der Waals surface area (Å²) in [6, 6.07) is 18.2. The molecule has 0 saturated heterocycles. The van der Waals surface area contributed by atoms with E-state index in [9.17, 15) is 18.0 Å². The van der Waals surface area contributed by atoms with Crippen LogP contribution in [0.15, 0.2) is 77.7 Å². The number of carbonyl (C=O) groups is 2. The van der Waals surface area contributed by atoms with Gasteiger partial charge < -0.3 is 19.7 Å². The Morgan fingerprint density at radius 3 is 1.90 bits per heavy atom. The van der Waals surface area contributed by atoms with E-state index in [1.54, 1.807) is 43.5 Å². The number of amides is 2. The van der Waals surface area contributed by atoms with Gasteiger partial charge in [0.2, 0.25) is 11.8 Å². The largest absolute Gasteiger partial charge is 0.497 e. The van der Waals surface area contributed by atoms with Gasteiger partial charge in [0.05, 0.1) is 24.8 Å². The molecule has 0 bridgehead atoms. The van der Waals surface area contributed by atoms with Gasteiger partial charge >= 0.3 is 0 Å². The summed E-state index contributed by atoms with van der Waals surface area (Å²) in [5.74, 6) is 0.278. The number of benzene rings is 3. The van der Waals surface area contributed by atoms with E-state index >= 15 is 0 Å². The zero-order valence-corrected chi connectivity index (χ0v) is 25.4. The van der Waals surface area contributed by atoms with Gasteiger partial charge in [-0.1, -0.05) is 30.7 Å². The van der Waals surface area contributed by atoms with E-state index < -0.39 is 28.5 Å². The van der Waals surface area contributed by atoms with Crippen LogP contribution in [0.1, 0.15) is 32.8 Å². The summed E-state index contributed by atoms with van der Waals surface area (Å²) in [5.41, 5.74) is 1.01. The van der Waals surface area contributed by atoms with Gasteiger partial charge in [0, 0.05) is 17.6 Å². The number of methoxy groups -OCH3 is 2. The summed E-state index contributed by atoms with van der Waals surface area (Å²) in [6.45, 7) is 5.03. The molecule has 1 N–H and O–H groups in total. The number of sulfonamides is 1. The molecule has 0 aliphatic heterocycles. The van der Waals surface area contributed by atoms with Gasteiger partial charge in [-0.3, -0.25) is 13.9 Å². The Kier molecular flexibility index (Phi) is 11.0. The van der Waals surface area contributed by atoms with Crippen molar-refractivity contribution >= 4 is 39.1 Å². The zero-order valence-electron chi connectivity index (χ0n) is 23.8. The first-order valence-corrected chi connectivity index (χ1v) is 15.0. The third-order valence-electron chi connectivity index (χ3n) is 6.37. The Labute approximate surface area is 247 Å². The number of anilines is 1. The Balaban J connectivity index is 2.05. The van der Waals surface area contributed by atoms with E-state index in [1.165, 1.54) is 48.4 Å². The Bertz CT molecular complexity index is 1410. The molecule has 1 atom stereocenters. The van der Waals surface area contributed by atoms with Gasteiger partial charge in [0.15, 0.2) is 0 Å². The maximum atomic E-state index is 14.1. The second-order valence-corrected chi connectivity index (χ2v) is 11.9. The van der Waals surface area contributed by atoms with Gasteiger partial charge in [-0.05, 0) is 86.5 Å². The van der Waals surface area contributed by atoms with E-state index in [0.717, 1.165) is 9.87 Å². The minimum atomic E-state index is -4.20. The summed E-state index contributed by atoms with van der Waals surface area (Å²) < 4.78 is 39.3. The third-order valence-corrected chi connectivity index (χ3v) is 8.41. The van der Waals surface area contributed by atoms with E-state index in [2.05, 4.69) is 5.32 Å². The smallest absolute Gasteiger partial charge is 0.264 e. The predicted octanol–water partition coefficient (Wildman–Crippen LogP) is 4.88. The number of rotatable bonds is 13. The quantitative estimate of drug-likeness (QED) is 0.299. The van der Waals surface area contributed by atoms with Gasteiger partial charge in [-0.2, -0.15) is 0 Å². The number of halogens is 1. The second-order valence-electron chi connectivity index (χ2n) is 9.62. The fourth-order valence-corrected chi connectivity index (χ4v) is 5.78. The summed E-state index contributed by atoms with van der Waals surface area (Å²) >= 11 is 6.08. The fraction of sp³-hybridized carbons (Fsp3) is 0.333. The van der Waals surface area contributed by atoms with E-state index in [4.69, 9.17) is 21.1 Å². The zero-order chi connectivity index (χ0) is 30.2. The molecule has 0 heterocycles. The van der Waals surface area contributed by atoms with Crippen molar-refractivity contribution in [3.63, 3.8) is 0 Å². The molecule has 3 aromatic carbocycles. The molecule has 2 amide bonds. The normalized spacial score (nSPS) is 12.0. The minimum Gasteiger partial charge on any atom is -0.497 e. The van der Waals surface area contributed by atoms with Gasteiger partial charge in [0.1, 0.15) is 24.1 Å². The van der Waals surface area contributed by atoms with Crippen LogP contribution in [-0.2, 0) is 26.2 Å². The van der Waals surface area contributed by atoms with Crippen LogP contribution in [0, 0.1) is 0 Å². The lowest BCUT2D eigenvalue weighted by atomic mass is 10.1. The van der Waals surface area contributed by atoms with Gasteiger partial charge in [0.25, 0.3) is 10.0 Å². The Morgan fingerprint density at radius 1 is 0.878 bits per heavy atom. The molecule has 3 rings (SSSR count). The lowest BCUT2D eigenvalue weighted by molar-refractivity contribution is -0.140.